The number of hydroxylamine groups is 2. The Kier molecular flexibility index (Phi) is 10.0. The lowest BCUT2D eigenvalue weighted by atomic mass is 9.96. The third-order valence-electron chi connectivity index (χ3n) is 6.72. The van der Waals surface area contributed by atoms with Gasteiger partial charge in [0.2, 0.25) is 5.91 Å². The molecule has 1 aliphatic heterocycles. The minimum atomic E-state index is -1.20. The second kappa shape index (κ2) is 13.9. The highest BCUT2D eigenvalue weighted by molar-refractivity contribution is 6.01. The number of methoxy groups -OCH3 is 1. The van der Waals surface area contributed by atoms with Gasteiger partial charge in [-0.25, -0.2) is 4.79 Å². The molecular formula is C29H33N3O9. The van der Waals surface area contributed by atoms with Crippen LogP contribution in [-0.4, -0.2) is 74.9 Å². The number of carbonyl (C=O) groups is 5. The molecule has 41 heavy (non-hydrogen) atoms. The first-order valence-electron chi connectivity index (χ1n) is 13.5. The number of benzene rings is 2. The number of hydrogen-bond acceptors (Lipinski definition) is 9. The molecule has 4 rings (SSSR count). The topological polar surface area (TPSA) is 150 Å². The van der Waals surface area contributed by atoms with Gasteiger partial charge in [-0.05, 0) is 52.9 Å². The summed E-state index contributed by atoms with van der Waals surface area (Å²) >= 11 is 0. The summed E-state index contributed by atoms with van der Waals surface area (Å²) in [6, 6.07) is 10.7. The van der Waals surface area contributed by atoms with Crippen LogP contribution < -0.4 is 10.6 Å². The van der Waals surface area contributed by atoms with Gasteiger partial charge in [-0.1, -0.05) is 24.1 Å². The molecule has 12 nitrogen and oxygen atoms in total. The maximum atomic E-state index is 12.9. The van der Waals surface area contributed by atoms with E-state index < -0.39 is 23.9 Å². The summed E-state index contributed by atoms with van der Waals surface area (Å²) in [6.07, 6.45) is -0.195. The molecule has 0 radical (unpaired) electrons. The van der Waals surface area contributed by atoms with Crippen LogP contribution in [-0.2, 0) is 33.4 Å². The van der Waals surface area contributed by atoms with Crippen molar-refractivity contribution in [3.63, 3.8) is 0 Å². The van der Waals surface area contributed by atoms with Crippen LogP contribution in [0.3, 0.4) is 0 Å². The van der Waals surface area contributed by atoms with Crippen LogP contribution in [0.15, 0.2) is 36.4 Å². The van der Waals surface area contributed by atoms with Crippen molar-refractivity contribution in [3.05, 3.63) is 53.1 Å². The Morgan fingerprint density at radius 1 is 0.951 bits per heavy atom. The second-order valence-corrected chi connectivity index (χ2v) is 9.51. The molecule has 2 N–H and O–H groups in total. The van der Waals surface area contributed by atoms with Crippen LogP contribution in [0.2, 0.25) is 0 Å². The van der Waals surface area contributed by atoms with E-state index >= 15 is 0 Å². The number of carbonyl (C=O) groups excluding carboxylic acids is 5. The van der Waals surface area contributed by atoms with Crippen molar-refractivity contribution in [2.75, 3.05) is 45.4 Å². The van der Waals surface area contributed by atoms with Crippen molar-refractivity contribution in [3.8, 4) is 11.1 Å². The molecule has 1 atom stereocenters. The number of anilines is 1. The maximum Gasteiger partial charge on any atom is 0.533 e. The zero-order valence-corrected chi connectivity index (χ0v) is 23.0. The molecule has 1 aliphatic carbocycles. The molecule has 1 saturated heterocycles. The number of hydrogen-bond donors (Lipinski definition) is 2. The van der Waals surface area contributed by atoms with Crippen molar-refractivity contribution in [1.82, 2.24) is 10.4 Å². The number of amides is 4. The number of ether oxygens (including phenoxy) is 3. The summed E-state index contributed by atoms with van der Waals surface area (Å²) in [4.78, 5) is 65.7. The molecule has 2 aliphatic rings. The van der Waals surface area contributed by atoms with Crippen LogP contribution in [0.4, 0.5) is 10.5 Å². The lowest BCUT2D eigenvalue weighted by molar-refractivity contribution is -0.177. The van der Waals surface area contributed by atoms with Crippen LogP contribution in [0.1, 0.15) is 60.0 Å². The third-order valence-corrected chi connectivity index (χ3v) is 6.72. The van der Waals surface area contributed by atoms with Gasteiger partial charge in [0.15, 0.2) is 0 Å². The highest BCUT2D eigenvalue weighted by atomic mass is 16.8. The van der Waals surface area contributed by atoms with Crippen molar-refractivity contribution >= 4 is 35.5 Å². The highest BCUT2D eigenvalue weighted by Crippen LogP contribution is 2.46. The Morgan fingerprint density at radius 3 is 2.37 bits per heavy atom. The molecule has 0 saturated carbocycles. The van der Waals surface area contributed by atoms with Crippen LogP contribution >= 0.6 is 0 Å². The normalized spacial score (nSPS) is 15.4. The first-order chi connectivity index (χ1) is 19.8. The minimum Gasteiger partial charge on any atom is -0.432 e. The van der Waals surface area contributed by atoms with Gasteiger partial charge in [-0.2, -0.15) is 0 Å². The van der Waals surface area contributed by atoms with Gasteiger partial charge in [-0.15, -0.1) is 0 Å². The summed E-state index contributed by atoms with van der Waals surface area (Å²) < 4.78 is 15.8. The Morgan fingerprint density at radius 2 is 1.66 bits per heavy atom. The van der Waals surface area contributed by atoms with Crippen molar-refractivity contribution in [2.45, 2.75) is 38.5 Å². The average molecular weight is 568 g/mol. The number of nitrogens with one attached hydrogen (secondary N) is 2. The quantitative estimate of drug-likeness (QED) is 0.211. The van der Waals surface area contributed by atoms with Crippen LogP contribution in [0.5, 0.6) is 0 Å². The summed E-state index contributed by atoms with van der Waals surface area (Å²) in [7, 11) is 1.62. The molecule has 12 heteroatoms. The minimum absolute atomic E-state index is 0.0352. The SMILES string of the molecule is CCC(=O)Nc1ccc2c(c1)C(COC(=O)ON1C(=O)CCC1=O)c1cc(C(=O)NCCOCCCOC)ccc1-2. The fraction of sp³-hybridized carbons (Fsp3) is 0.414. The van der Waals surface area contributed by atoms with E-state index in [0.29, 0.717) is 49.1 Å². The number of nitrogens with zero attached hydrogens (tertiary/aromatic N) is 1. The average Bonchev–Trinajstić information content (AvgIpc) is 3.45. The lowest BCUT2D eigenvalue weighted by Gasteiger charge is -2.17. The molecule has 2 aromatic rings. The monoisotopic (exact) mass is 567 g/mol. The van der Waals surface area contributed by atoms with Crippen LogP contribution in [0, 0.1) is 0 Å². The molecule has 0 bridgehead atoms. The summed E-state index contributed by atoms with van der Waals surface area (Å²) in [5.41, 5.74) is 4.21. The number of fused-ring (bicyclic) bond motifs is 3. The van der Waals surface area contributed by atoms with E-state index in [1.165, 1.54) is 0 Å². The van der Waals surface area contributed by atoms with Gasteiger partial charge >= 0.3 is 6.16 Å². The van der Waals surface area contributed by atoms with Gasteiger partial charge in [0.05, 0.1) is 6.61 Å². The number of imide groups is 1. The largest absolute Gasteiger partial charge is 0.533 e. The smallest absolute Gasteiger partial charge is 0.432 e. The molecule has 0 aromatic heterocycles. The summed E-state index contributed by atoms with van der Waals surface area (Å²) in [6.45, 7) is 3.38. The summed E-state index contributed by atoms with van der Waals surface area (Å²) in [5, 5.41) is 6.08. The highest BCUT2D eigenvalue weighted by Gasteiger charge is 2.35. The van der Waals surface area contributed by atoms with Gasteiger partial charge < -0.3 is 24.8 Å². The predicted octanol–water partition coefficient (Wildman–Crippen LogP) is 3.15. The molecule has 4 amide bonds. The molecule has 0 spiro atoms. The Hall–Kier alpha value is -4.29. The van der Waals surface area contributed by atoms with Crippen LogP contribution in [0.25, 0.3) is 11.1 Å². The van der Waals surface area contributed by atoms with Gasteiger partial charge in [-0.3, -0.25) is 24.0 Å². The Balaban J connectivity index is 1.49. The van der Waals surface area contributed by atoms with Gasteiger partial charge in [0.25, 0.3) is 17.7 Å². The van der Waals surface area contributed by atoms with E-state index in [2.05, 4.69) is 10.6 Å². The molecule has 218 valence electrons. The molecule has 1 heterocycles. The zero-order chi connectivity index (χ0) is 29.4. The van der Waals surface area contributed by atoms with Gasteiger partial charge in [0.1, 0.15) is 6.61 Å². The first-order valence-corrected chi connectivity index (χ1v) is 13.5. The van der Waals surface area contributed by atoms with E-state index in [0.717, 1.165) is 28.7 Å². The van der Waals surface area contributed by atoms with E-state index in [1.807, 2.05) is 12.1 Å². The van der Waals surface area contributed by atoms with Crippen molar-refractivity contribution in [1.29, 1.82) is 0 Å². The fourth-order valence-corrected chi connectivity index (χ4v) is 4.66. The molecule has 2 aromatic carbocycles. The summed E-state index contributed by atoms with van der Waals surface area (Å²) in [5.74, 6) is -2.18. The number of rotatable bonds is 13. The molecule has 1 unspecified atom stereocenters. The maximum absolute atomic E-state index is 12.9. The molecular weight excluding hydrogens is 534 g/mol. The Labute approximate surface area is 237 Å². The first kappa shape index (κ1) is 29.7. The van der Waals surface area contributed by atoms with Gasteiger partial charge in [0, 0.05) is 63.3 Å². The second-order valence-electron chi connectivity index (χ2n) is 9.51. The van der Waals surface area contributed by atoms with E-state index in [4.69, 9.17) is 19.0 Å². The third kappa shape index (κ3) is 7.27. The van der Waals surface area contributed by atoms with Crippen molar-refractivity contribution < 1.29 is 43.0 Å². The van der Waals surface area contributed by atoms with Crippen molar-refractivity contribution in [2.24, 2.45) is 0 Å². The predicted molar refractivity (Wildman–Crippen MR) is 146 cm³/mol. The fourth-order valence-electron chi connectivity index (χ4n) is 4.66. The zero-order valence-electron chi connectivity index (χ0n) is 23.0. The standard InChI is InChI=1S/C29H33N3O9/c1-3-25(33)31-19-6-8-21-20-7-5-18(28(36)30-11-14-39-13-4-12-38-2)15-22(20)24(23(21)16-19)17-40-29(37)41-32-26(34)9-10-27(32)35/h5-8,15-16,24H,3-4,9-14,17H2,1-2H3,(H,30,36)(H,31,33). The molecule has 1 fully saturated rings. The van der Waals surface area contributed by atoms with E-state index in [1.54, 1.807) is 38.3 Å². The van der Waals surface area contributed by atoms with E-state index in [9.17, 15) is 24.0 Å². The lowest BCUT2D eigenvalue weighted by Crippen LogP contribution is -2.32. The van der Waals surface area contributed by atoms with E-state index in [-0.39, 0.29) is 31.3 Å². The Bertz CT molecular complexity index is 1310.